The predicted molar refractivity (Wildman–Crippen MR) is 118 cm³/mol. The zero-order valence-corrected chi connectivity index (χ0v) is 16.7. The summed E-state index contributed by atoms with van der Waals surface area (Å²) >= 11 is 0. The van der Waals surface area contributed by atoms with Gasteiger partial charge in [0, 0.05) is 55.2 Å². The lowest BCUT2D eigenvalue weighted by atomic mass is 10.0. The lowest BCUT2D eigenvalue weighted by Gasteiger charge is -2.29. The van der Waals surface area contributed by atoms with Crippen molar-refractivity contribution in [2.45, 2.75) is 25.4 Å². The Balaban J connectivity index is 1.36. The van der Waals surface area contributed by atoms with E-state index in [1.165, 1.54) is 16.8 Å². The van der Waals surface area contributed by atoms with E-state index in [-0.39, 0.29) is 0 Å². The summed E-state index contributed by atoms with van der Waals surface area (Å²) in [4.78, 5) is 11.7. The molecule has 5 rings (SSSR count). The second-order valence-electron chi connectivity index (χ2n) is 7.83. The van der Waals surface area contributed by atoms with Crippen molar-refractivity contribution in [1.29, 1.82) is 0 Å². The number of pyridine rings is 1. The molecule has 1 atom stereocenters. The van der Waals surface area contributed by atoms with Gasteiger partial charge in [-0.2, -0.15) is 0 Å². The van der Waals surface area contributed by atoms with Gasteiger partial charge in [-0.15, -0.1) is 0 Å². The number of ether oxygens (including phenoxy) is 1. The van der Waals surface area contributed by atoms with Crippen molar-refractivity contribution in [3.63, 3.8) is 0 Å². The number of anilines is 4. The topological polar surface area (TPSA) is 73.8 Å². The Hall–Kier alpha value is -2.64. The SMILES string of the molecule is C1=NCc2c(cc(N[C@H]3CCNC3)nc2Nc2ccc(N3CCOCC3)cc2)C1. The lowest BCUT2D eigenvalue weighted by molar-refractivity contribution is 0.122. The van der Waals surface area contributed by atoms with Crippen LogP contribution in [0.15, 0.2) is 35.3 Å². The maximum Gasteiger partial charge on any atom is 0.138 e. The summed E-state index contributed by atoms with van der Waals surface area (Å²) in [6.45, 7) is 6.23. The standard InChI is InChI=1S/C22H28N6O/c1-3-19(28-9-11-29-12-10-28)4-2-17(1)26-22-20-15-24-7-5-16(20)13-21(27-22)25-18-6-8-23-14-18/h1-4,7,13,18,23H,5-6,8-12,14-15H2,(H2,25,26,27)/t18-/m0/s1. The Morgan fingerprint density at radius 1 is 1.14 bits per heavy atom. The highest BCUT2D eigenvalue weighted by Gasteiger charge is 2.19. The molecule has 0 unspecified atom stereocenters. The van der Waals surface area contributed by atoms with Crippen LogP contribution in [-0.2, 0) is 17.7 Å². The first kappa shape index (κ1) is 18.4. The van der Waals surface area contributed by atoms with E-state index in [1.54, 1.807) is 0 Å². The fraction of sp³-hybridized carbons (Fsp3) is 0.455. The number of rotatable bonds is 5. The molecule has 0 radical (unpaired) electrons. The molecule has 1 aromatic carbocycles. The number of hydrogen-bond donors (Lipinski definition) is 3. The Bertz CT molecular complexity index is 870. The molecule has 2 saturated heterocycles. The first-order valence-corrected chi connectivity index (χ1v) is 10.5. The van der Waals surface area contributed by atoms with Crippen LogP contribution < -0.4 is 20.9 Å². The molecule has 3 aliphatic heterocycles. The normalized spacial score (nSPS) is 21.1. The van der Waals surface area contributed by atoms with Gasteiger partial charge in [0.2, 0.25) is 0 Å². The summed E-state index contributed by atoms with van der Waals surface area (Å²) in [5, 5.41) is 10.5. The van der Waals surface area contributed by atoms with Crippen molar-refractivity contribution in [1.82, 2.24) is 10.3 Å². The maximum absolute atomic E-state index is 5.45. The van der Waals surface area contributed by atoms with E-state index >= 15 is 0 Å². The number of morpholine rings is 1. The molecule has 0 spiro atoms. The second kappa shape index (κ2) is 8.39. The number of nitrogens with zero attached hydrogens (tertiary/aromatic N) is 3. The highest BCUT2D eigenvalue weighted by molar-refractivity contribution is 5.72. The molecule has 3 aliphatic rings. The predicted octanol–water partition coefficient (Wildman–Crippen LogP) is 2.56. The molecule has 7 nitrogen and oxygen atoms in total. The van der Waals surface area contributed by atoms with Crippen LogP contribution in [0.3, 0.4) is 0 Å². The van der Waals surface area contributed by atoms with E-state index in [0.29, 0.717) is 12.6 Å². The van der Waals surface area contributed by atoms with Gasteiger partial charge in [0.1, 0.15) is 11.6 Å². The van der Waals surface area contributed by atoms with Crippen LogP contribution in [0.1, 0.15) is 17.5 Å². The average Bonchev–Trinajstić information content (AvgIpc) is 3.28. The molecule has 0 saturated carbocycles. The van der Waals surface area contributed by atoms with Crippen molar-refractivity contribution in [2.24, 2.45) is 4.99 Å². The molecule has 0 aliphatic carbocycles. The van der Waals surface area contributed by atoms with Crippen LogP contribution in [0, 0.1) is 0 Å². The third-order valence-corrected chi connectivity index (χ3v) is 5.82. The van der Waals surface area contributed by atoms with E-state index in [1.807, 2.05) is 6.21 Å². The van der Waals surface area contributed by atoms with E-state index in [2.05, 4.69) is 56.2 Å². The van der Waals surface area contributed by atoms with Gasteiger partial charge in [0.15, 0.2) is 0 Å². The molecule has 7 heteroatoms. The van der Waals surface area contributed by atoms with E-state index in [9.17, 15) is 0 Å². The minimum absolute atomic E-state index is 0.443. The Labute approximate surface area is 171 Å². The van der Waals surface area contributed by atoms with Crippen LogP contribution in [0.4, 0.5) is 23.0 Å². The summed E-state index contributed by atoms with van der Waals surface area (Å²) in [6.07, 6.45) is 4.00. The van der Waals surface area contributed by atoms with Gasteiger partial charge in [-0.05, 0) is 48.9 Å². The number of hydrogen-bond acceptors (Lipinski definition) is 7. The van der Waals surface area contributed by atoms with Gasteiger partial charge < -0.3 is 25.6 Å². The van der Waals surface area contributed by atoms with E-state index in [4.69, 9.17) is 9.72 Å². The van der Waals surface area contributed by atoms with Crippen LogP contribution >= 0.6 is 0 Å². The van der Waals surface area contributed by atoms with Gasteiger partial charge in [0.05, 0.1) is 19.8 Å². The van der Waals surface area contributed by atoms with Gasteiger partial charge in [-0.3, -0.25) is 4.99 Å². The van der Waals surface area contributed by atoms with Crippen LogP contribution in [0.2, 0.25) is 0 Å². The number of fused-ring (bicyclic) bond motifs is 1. The number of benzene rings is 1. The van der Waals surface area contributed by atoms with Crippen molar-refractivity contribution in [3.05, 3.63) is 41.5 Å². The minimum atomic E-state index is 0.443. The number of nitrogens with one attached hydrogen (secondary N) is 3. The number of aromatic nitrogens is 1. The quantitative estimate of drug-likeness (QED) is 0.726. The van der Waals surface area contributed by atoms with Crippen LogP contribution in [0.25, 0.3) is 0 Å². The largest absolute Gasteiger partial charge is 0.378 e. The van der Waals surface area contributed by atoms with Crippen molar-refractivity contribution in [3.8, 4) is 0 Å². The Morgan fingerprint density at radius 3 is 2.79 bits per heavy atom. The third-order valence-electron chi connectivity index (χ3n) is 5.82. The highest BCUT2D eigenvalue weighted by atomic mass is 16.5. The molecule has 2 aromatic rings. The molecular formula is C22H28N6O. The van der Waals surface area contributed by atoms with Crippen molar-refractivity contribution < 1.29 is 4.74 Å². The first-order valence-electron chi connectivity index (χ1n) is 10.5. The molecule has 2 fully saturated rings. The Morgan fingerprint density at radius 2 is 2.00 bits per heavy atom. The second-order valence-corrected chi connectivity index (χ2v) is 7.83. The monoisotopic (exact) mass is 392 g/mol. The zero-order valence-electron chi connectivity index (χ0n) is 16.7. The summed E-state index contributed by atoms with van der Waals surface area (Å²) in [6, 6.07) is 11.2. The lowest BCUT2D eigenvalue weighted by Crippen LogP contribution is -2.36. The van der Waals surface area contributed by atoms with Gasteiger partial charge in [0.25, 0.3) is 0 Å². The first-order chi connectivity index (χ1) is 14.3. The van der Waals surface area contributed by atoms with Gasteiger partial charge in [-0.1, -0.05) is 0 Å². The van der Waals surface area contributed by atoms with Crippen molar-refractivity contribution >= 4 is 29.2 Å². The molecule has 3 N–H and O–H groups in total. The maximum atomic E-state index is 5.45. The molecular weight excluding hydrogens is 364 g/mol. The van der Waals surface area contributed by atoms with E-state index in [0.717, 1.165) is 69.6 Å². The molecule has 1 aromatic heterocycles. The summed E-state index contributed by atoms with van der Waals surface area (Å²) in [7, 11) is 0. The minimum Gasteiger partial charge on any atom is -0.378 e. The Kier molecular flexibility index (Phi) is 5.32. The zero-order chi connectivity index (χ0) is 19.5. The fourth-order valence-electron chi connectivity index (χ4n) is 4.18. The van der Waals surface area contributed by atoms with Crippen LogP contribution in [0.5, 0.6) is 0 Å². The average molecular weight is 393 g/mol. The van der Waals surface area contributed by atoms with Gasteiger partial charge >= 0.3 is 0 Å². The third kappa shape index (κ3) is 4.21. The van der Waals surface area contributed by atoms with Gasteiger partial charge in [-0.25, -0.2) is 4.98 Å². The fourth-order valence-corrected chi connectivity index (χ4v) is 4.18. The highest BCUT2D eigenvalue weighted by Crippen LogP contribution is 2.29. The molecule has 29 heavy (non-hydrogen) atoms. The van der Waals surface area contributed by atoms with Crippen molar-refractivity contribution in [2.75, 3.05) is 54.9 Å². The summed E-state index contributed by atoms with van der Waals surface area (Å²) in [5.41, 5.74) is 4.78. The summed E-state index contributed by atoms with van der Waals surface area (Å²) in [5.74, 6) is 1.85. The molecule has 4 heterocycles. The van der Waals surface area contributed by atoms with E-state index < -0.39 is 0 Å². The molecule has 152 valence electrons. The summed E-state index contributed by atoms with van der Waals surface area (Å²) < 4.78 is 5.45. The molecule has 0 amide bonds. The smallest absolute Gasteiger partial charge is 0.138 e. The molecule has 0 bridgehead atoms. The number of aliphatic imine (C=N–C) groups is 1. The van der Waals surface area contributed by atoms with Crippen LogP contribution in [-0.4, -0.2) is 56.6 Å².